The van der Waals surface area contributed by atoms with Gasteiger partial charge < -0.3 is 4.74 Å². The van der Waals surface area contributed by atoms with E-state index in [2.05, 4.69) is 9.46 Å². The van der Waals surface area contributed by atoms with Gasteiger partial charge in [-0.3, -0.25) is 0 Å². The molecule has 0 aromatic heterocycles. The van der Waals surface area contributed by atoms with Gasteiger partial charge in [-0.15, -0.1) is 0 Å². The third-order valence-corrected chi connectivity index (χ3v) is 4.97. The number of halogens is 2. The summed E-state index contributed by atoms with van der Waals surface area (Å²) in [6.45, 7) is -2.87. The Kier molecular flexibility index (Phi) is 4.80. The maximum Gasteiger partial charge on any atom is 0.387 e. The molecule has 0 aliphatic heterocycles. The molecule has 1 unspecified atom stereocenters. The third kappa shape index (κ3) is 3.90. The molecule has 0 radical (unpaired) electrons. The second-order valence-electron chi connectivity index (χ2n) is 5.09. The van der Waals surface area contributed by atoms with Crippen molar-refractivity contribution in [2.75, 3.05) is 14.1 Å². The SMILES string of the molecule is CN(C)S(=O)(=O)NC1CCCc2cc(OC(F)F)ccc21. The minimum atomic E-state index is -3.54. The molecule has 0 fully saturated rings. The number of hydrogen-bond donors (Lipinski definition) is 1. The Labute approximate surface area is 123 Å². The molecule has 8 heteroatoms. The summed E-state index contributed by atoms with van der Waals surface area (Å²) in [4.78, 5) is 0. The van der Waals surface area contributed by atoms with Crippen LogP contribution in [0.4, 0.5) is 8.78 Å². The molecule has 0 amide bonds. The highest BCUT2D eigenvalue weighted by molar-refractivity contribution is 7.87. The molecular formula is C13H18F2N2O3S. The van der Waals surface area contributed by atoms with Gasteiger partial charge in [0.2, 0.25) is 0 Å². The average Bonchev–Trinajstić information content (AvgIpc) is 2.37. The molecule has 2 rings (SSSR count). The van der Waals surface area contributed by atoms with Gasteiger partial charge in [-0.1, -0.05) is 6.07 Å². The van der Waals surface area contributed by atoms with Crippen LogP contribution in [0.25, 0.3) is 0 Å². The van der Waals surface area contributed by atoms with Crippen LogP contribution in [0, 0.1) is 0 Å². The zero-order chi connectivity index (χ0) is 15.6. The Balaban J connectivity index is 2.24. The van der Waals surface area contributed by atoms with Crippen molar-refractivity contribution >= 4 is 10.2 Å². The number of nitrogens with zero attached hydrogens (tertiary/aromatic N) is 1. The number of ether oxygens (including phenoxy) is 1. The van der Waals surface area contributed by atoms with Gasteiger partial charge >= 0.3 is 6.61 Å². The largest absolute Gasteiger partial charge is 0.435 e. The van der Waals surface area contributed by atoms with Gasteiger partial charge in [0.05, 0.1) is 0 Å². The molecule has 1 N–H and O–H groups in total. The van der Waals surface area contributed by atoms with E-state index in [0.717, 1.165) is 28.3 Å². The summed E-state index contributed by atoms with van der Waals surface area (Å²) in [6.07, 6.45) is 2.18. The minimum Gasteiger partial charge on any atom is -0.435 e. The van der Waals surface area contributed by atoms with E-state index in [9.17, 15) is 17.2 Å². The fourth-order valence-electron chi connectivity index (χ4n) is 2.37. The maximum atomic E-state index is 12.2. The van der Waals surface area contributed by atoms with Crippen LogP contribution < -0.4 is 9.46 Å². The Morgan fingerprint density at radius 1 is 1.38 bits per heavy atom. The summed E-state index contributed by atoms with van der Waals surface area (Å²) >= 11 is 0. The van der Waals surface area contributed by atoms with Crippen molar-refractivity contribution in [3.63, 3.8) is 0 Å². The van der Waals surface area contributed by atoms with Gasteiger partial charge in [0.1, 0.15) is 5.75 Å². The van der Waals surface area contributed by atoms with E-state index < -0.39 is 16.8 Å². The van der Waals surface area contributed by atoms with Crippen LogP contribution in [0.1, 0.15) is 30.0 Å². The number of alkyl halides is 2. The second kappa shape index (κ2) is 6.25. The summed E-state index contributed by atoms with van der Waals surface area (Å²) in [5.41, 5.74) is 1.65. The molecule has 1 atom stereocenters. The first-order chi connectivity index (χ1) is 9.79. The Bertz CT molecular complexity index is 605. The lowest BCUT2D eigenvalue weighted by Crippen LogP contribution is -2.39. The van der Waals surface area contributed by atoms with Crippen LogP contribution in [-0.4, -0.2) is 33.4 Å². The Morgan fingerprint density at radius 3 is 2.71 bits per heavy atom. The zero-order valence-electron chi connectivity index (χ0n) is 11.8. The molecule has 0 saturated heterocycles. The summed E-state index contributed by atoms with van der Waals surface area (Å²) < 4.78 is 56.4. The van der Waals surface area contributed by atoms with E-state index in [1.165, 1.54) is 20.2 Å². The predicted molar refractivity (Wildman–Crippen MR) is 74.5 cm³/mol. The first-order valence-corrected chi connectivity index (χ1v) is 8.01. The number of nitrogens with one attached hydrogen (secondary N) is 1. The van der Waals surface area contributed by atoms with E-state index in [0.29, 0.717) is 6.42 Å². The molecule has 1 aliphatic carbocycles. The van der Waals surface area contributed by atoms with Crippen molar-refractivity contribution < 1.29 is 21.9 Å². The molecule has 118 valence electrons. The molecule has 1 aromatic carbocycles. The van der Waals surface area contributed by atoms with Crippen molar-refractivity contribution in [2.24, 2.45) is 0 Å². The first kappa shape index (κ1) is 16.1. The summed E-state index contributed by atoms with van der Waals surface area (Å²) in [5, 5.41) is 0. The monoisotopic (exact) mass is 320 g/mol. The molecule has 0 spiro atoms. The number of benzene rings is 1. The van der Waals surface area contributed by atoms with Crippen molar-refractivity contribution in [2.45, 2.75) is 31.9 Å². The predicted octanol–water partition coefficient (Wildman–Crippen LogP) is 2.06. The molecule has 5 nitrogen and oxygen atoms in total. The van der Waals surface area contributed by atoms with E-state index in [4.69, 9.17) is 0 Å². The number of fused-ring (bicyclic) bond motifs is 1. The normalized spacial score (nSPS) is 18.9. The van der Waals surface area contributed by atoms with Gasteiger partial charge in [-0.25, -0.2) is 0 Å². The van der Waals surface area contributed by atoms with Gasteiger partial charge in [0.15, 0.2) is 0 Å². The van der Waals surface area contributed by atoms with Crippen LogP contribution in [0.3, 0.4) is 0 Å². The van der Waals surface area contributed by atoms with Crippen LogP contribution in [-0.2, 0) is 16.6 Å². The summed E-state index contributed by atoms with van der Waals surface area (Å²) in [6, 6.07) is 4.29. The number of hydrogen-bond acceptors (Lipinski definition) is 3. The van der Waals surface area contributed by atoms with E-state index in [-0.39, 0.29) is 11.8 Å². The van der Waals surface area contributed by atoms with Crippen molar-refractivity contribution in [3.8, 4) is 5.75 Å². The van der Waals surface area contributed by atoms with Gasteiger partial charge in [0.25, 0.3) is 10.2 Å². The molecule has 0 heterocycles. The topological polar surface area (TPSA) is 58.6 Å². The molecule has 1 aromatic rings. The molecule has 21 heavy (non-hydrogen) atoms. The van der Waals surface area contributed by atoms with Crippen molar-refractivity contribution in [3.05, 3.63) is 29.3 Å². The highest BCUT2D eigenvalue weighted by atomic mass is 32.2. The molecule has 0 bridgehead atoms. The Hall–Kier alpha value is -1.25. The number of aryl methyl sites for hydroxylation is 1. The molecule has 1 aliphatic rings. The van der Waals surface area contributed by atoms with Gasteiger partial charge in [0, 0.05) is 20.1 Å². The van der Waals surface area contributed by atoms with Gasteiger partial charge in [-0.05, 0) is 42.5 Å². The van der Waals surface area contributed by atoms with Crippen molar-refractivity contribution in [1.82, 2.24) is 9.03 Å². The first-order valence-electron chi connectivity index (χ1n) is 6.57. The lowest BCUT2D eigenvalue weighted by Gasteiger charge is -2.27. The van der Waals surface area contributed by atoms with E-state index in [1.54, 1.807) is 12.1 Å². The smallest absolute Gasteiger partial charge is 0.387 e. The minimum absolute atomic E-state index is 0.0971. The number of rotatable bonds is 5. The van der Waals surface area contributed by atoms with E-state index >= 15 is 0 Å². The second-order valence-corrected chi connectivity index (χ2v) is 7.01. The highest BCUT2D eigenvalue weighted by Gasteiger charge is 2.26. The third-order valence-electron chi connectivity index (χ3n) is 3.43. The molecule has 0 saturated carbocycles. The Morgan fingerprint density at radius 2 is 2.10 bits per heavy atom. The van der Waals surface area contributed by atoms with Gasteiger partial charge in [-0.2, -0.15) is 26.2 Å². The fraction of sp³-hybridized carbons (Fsp3) is 0.538. The average molecular weight is 320 g/mol. The zero-order valence-corrected chi connectivity index (χ0v) is 12.7. The van der Waals surface area contributed by atoms with Crippen LogP contribution in [0.15, 0.2) is 18.2 Å². The van der Waals surface area contributed by atoms with Crippen LogP contribution >= 0.6 is 0 Å². The summed E-state index contributed by atoms with van der Waals surface area (Å²) in [7, 11) is -0.637. The highest BCUT2D eigenvalue weighted by Crippen LogP contribution is 2.33. The summed E-state index contributed by atoms with van der Waals surface area (Å²) in [5.74, 6) is 0.0971. The van der Waals surface area contributed by atoms with E-state index in [1.807, 2.05) is 0 Å². The quantitative estimate of drug-likeness (QED) is 0.903. The fourth-order valence-corrected chi connectivity index (χ4v) is 3.19. The lowest BCUT2D eigenvalue weighted by molar-refractivity contribution is -0.0499. The maximum absolute atomic E-state index is 12.2. The molecular weight excluding hydrogens is 302 g/mol. The van der Waals surface area contributed by atoms with Crippen LogP contribution in [0.2, 0.25) is 0 Å². The lowest BCUT2D eigenvalue weighted by atomic mass is 9.88. The van der Waals surface area contributed by atoms with Crippen molar-refractivity contribution in [1.29, 1.82) is 0 Å². The standard InChI is InChI=1S/C13H18F2N2O3S/c1-17(2)21(18,19)16-12-5-3-4-9-8-10(20-13(14)15)6-7-11(9)12/h6-8,12-13,16H,3-5H2,1-2H3. The van der Waals surface area contributed by atoms with Crippen LogP contribution in [0.5, 0.6) is 5.75 Å².